The maximum Gasteiger partial charge on any atom is 0.246 e. The van der Waals surface area contributed by atoms with E-state index in [1.807, 2.05) is 0 Å². The number of anilines is 1. The Hall–Kier alpha value is -1.99. The van der Waals surface area contributed by atoms with Gasteiger partial charge >= 0.3 is 0 Å². The van der Waals surface area contributed by atoms with E-state index in [9.17, 15) is 9.18 Å². The van der Waals surface area contributed by atoms with Gasteiger partial charge in [-0.15, -0.1) is 5.10 Å². The summed E-state index contributed by atoms with van der Waals surface area (Å²) in [6.45, 7) is 0.228. The maximum atomic E-state index is 12.8. The molecular weight excluding hydrogens is 273 g/mol. The molecular formula is C11H11ClFN5O. The van der Waals surface area contributed by atoms with Gasteiger partial charge in [0.05, 0.1) is 22.6 Å². The average molecular weight is 284 g/mol. The fourth-order valence-corrected chi connectivity index (χ4v) is 1.65. The molecule has 100 valence electrons. The summed E-state index contributed by atoms with van der Waals surface area (Å²) in [5.41, 5.74) is 6.31. The van der Waals surface area contributed by atoms with Crippen LogP contribution in [0.2, 0.25) is 5.02 Å². The second-order valence-corrected chi connectivity index (χ2v) is 4.19. The highest BCUT2D eigenvalue weighted by atomic mass is 35.5. The van der Waals surface area contributed by atoms with Crippen molar-refractivity contribution < 1.29 is 9.18 Å². The zero-order valence-electron chi connectivity index (χ0n) is 9.81. The van der Waals surface area contributed by atoms with Crippen molar-refractivity contribution in [3.8, 4) is 0 Å². The number of rotatable bonds is 4. The minimum atomic E-state index is -0.466. The van der Waals surface area contributed by atoms with Gasteiger partial charge in [0.2, 0.25) is 5.91 Å². The van der Waals surface area contributed by atoms with Crippen molar-refractivity contribution in [2.75, 3.05) is 5.32 Å². The van der Waals surface area contributed by atoms with Crippen LogP contribution in [0.4, 0.5) is 10.1 Å². The first kappa shape index (κ1) is 13.4. The lowest BCUT2D eigenvalue weighted by Crippen LogP contribution is -2.19. The Bertz CT molecular complexity index is 601. The molecule has 1 amide bonds. The summed E-state index contributed by atoms with van der Waals surface area (Å²) in [4.78, 5) is 11.7. The number of nitrogens with one attached hydrogen (secondary N) is 1. The standard InChI is InChI=1S/C11H11ClFN5O/c12-9-3-7(13)1-2-10(9)15-11(19)6-18-5-8(4-14)16-17-18/h1-3,5H,4,6,14H2,(H,15,19). The van der Waals surface area contributed by atoms with E-state index >= 15 is 0 Å². The lowest BCUT2D eigenvalue weighted by atomic mass is 10.3. The van der Waals surface area contributed by atoms with E-state index in [1.165, 1.54) is 16.8 Å². The van der Waals surface area contributed by atoms with Crippen molar-refractivity contribution >= 4 is 23.2 Å². The van der Waals surface area contributed by atoms with Gasteiger partial charge < -0.3 is 11.1 Å². The van der Waals surface area contributed by atoms with Crippen LogP contribution in [0.5, 0.6) is 0 Å². The molecule has 0 aliphatic rings. The lowest BCUT2D eigenvalue weighted by Gasteiger charge is -2.06. The number of nitrogens with two attached hydrogens (primary N) is 1. The normalized spacial score (nSPS) is 10.5. The summed E-state index contributed by atoms with van der Waals surface area (Å²) in [6.07, 6.45) is 1.58. The Morgan fingerprint density at radius 2 is 2.32 bits per heavy atom. The van der Waals surface area contributed by atoms with E-state index in [1.54, 1.807) is 6.20 Å². The third-order valence-corrected chi connectivity index (χ3v) is 2.62. The average Bonchev–Trinajstić information content (AvgIpc) is 2.80. The molecule has 0 saturated carbocycles. The van der Waals surface area contributed by atoms with Crippen molar-refractivity contribution in [3.63, 3.8) is 0 Å². The molecule has 6 nitrogen and oxygen atoms in total. The van der Waals surface area contributed by atoms with E-state index in [2.05, 4.69) is 15.6 Å². The minimum Gasteiger partial charge on any atom is -0.325 e. The SMILES string of the molecule is NCc1cn(CC(=O)Nc2ccc(F)cc2Cl)nn1. The van der Waals surface area contributed by atoms with Crippen molar-refractivity contribution in [3.05, 3.63) is 40.9 Å². The monoisotopic (exact) mass is 283 g/mol. The van der Waals surface area contributed by atoms with Crippen molar-refractivity contribution in [2.24, 2.45) is 5.73 Å². The molecule has 0 aliphatic heterocycles. The number of hydrogen-bond donors (Lipinski definition) is 2. The second kappa shape index (κ2) is 5.77. The number of carbonyl (C=O) groups excluding carboxylic acids is 1. The predicted molar refractivity (Wildman–Crippen MR) is 68.0 cm³/mol. The molecule has 2 rings (SSSR count). The van der Waals surface area contributed by atoms with E-state index in [-0.39, 0.29) is 24.0 Å². The third-order valence-electron chi connectivity index (χ3n) is 2.31. The lowest BCUT2D eigenvalue weighted by molar-refractivity contribution is -0.116. The molecule has 2 aromatic rings. The summed E-state index contributed by atoms with van der Waals surface area (Å²) < 4.78 is 14.2. The van der Waals surface area contributed by atoms with E-state index in [4.69, 9.17) is 17.3 Å². The summed E-state index contributed by atoms with van der Waals surface area (Å²) in [6, 6.07) is 3.73. The maximum absolute atomic E-state index is 12.8. The number of nitrogens with zero attached hydrogens (tertiary/aromatic N) is 3. The molecule has 8 heteroatoms. The molecule has 0 bridgehead atoms. The van der Waals surface area contributed by atoms with Crippen LogP contribution in [-0.2, 0) is 17.9 Å². The number of aromatic nitrogens is 3. The second-order valence-electron chi connectivity index (χ2n) is 3.78. The smallest absolute Gasteiger partial charge is 0.246 e. The van der Waals surface area contributed by atoms with Gasteiger partial charge in [-0.1, -0.05) is 16.8 Å². The van der Waals surface area contributed by atoms with Crippen LogP contribution in [0.1, 0.15) is 5.69 Å². The Morgan fingerprint density at radius 1 is 1.53 bits per heavy atom. The fourth-order valence-electron chi connectivity index (χ4n) is 1.44. The molecule has 0 radical (unpaired) electrons. The summed E-state index contributed by atoms with van der Waals surface area (Å²) >= 11 is 5.80. The van der Waals surface area contributed by atoms with E-state index in [0.29, 0.717) is 11.4 Å². The van der Waals surface area contributed by atoms with Crippen LogP contribution in [0, 0.1) is 5.82 Å². The largest absolute Gasteiger partial charge is 0.325 e. The Balaban J connectivity index is 2.01. The number of benzene rings is 1. The van der Waals surface area contributed by atoms with Gasteiger partial charge in [-0.2, -0.15) is 0 Å². The van der Waals surface area contributed by atoms with E-state index < -0.39 is 5.82 Å². The van der Waals surface area contributed by atoms with E-state index in [0.717, 1.165) is 6.07 Å². The molecule has 1 aromatic heterocycles. The third kappa shape index (κ3) is 3.49. The molecule has 3 N–H and O–H groups in total. The van der Waals surface area contributed by atoms with Crippen LogP contribution >= 0.6 is 11.6 Å². The molecule has 0 unspecified atom stereocenters. The minimum absolute atomic E-state index is 0.0271. The zero-order chi connectivity index (χ0) is 13.8. The predicted octanol–water partition coefficient (Wildman–Crippen LogP) is 1.17. The number of hydrogen-bond acceptors (Lipinski definition) is 4. The summed E-state index contributed by atoms with van der Waals surface area (Å²) in [7, 11) is 0. The molecule has 19 heavy (non-hydrogen) atoms. The molecule has 0 atom stereocenters. The molecule has 1 aromatic carbocycles. The van der Waals surface area contributed by atoms with Gasteiger partial charge in [-0.25, -0.2) is 9.07 Å². The van der Waals surface area contributed by atoms with Crippen molar-refractivity contribution in [2.45, 2.75) is 13.1 Å². The molecule has 0 aliphatic carbocycles. The highest BCUT2D eigenvalue weighted by molar-refractivity contribution is 6.33. The van der Waals surface area contributed by atoms with Crippen LogP contribution < -0.4 is 11.1 Å². The number of halogens is 2. The molecule has 0 saturated heterocycles. The van der Waals surface area contributed by atoms with Crippen molar-refractivity contribution in [1.82, 2.24) is 15.0 Å². The molecule has 1 heterocycles. The highest BCUT2D eigenvalue weighted by Crippen LogP contribution is 2.22. The Morgan fingerprint density at radius 3 is 2.95 bits per heavy atom. The van der Waals surface area contributed by atoms with Gasteiger partial charge in [0.1, 0.15) is 12.4 Å². The van der Waals surface area contributed by atoms with Gasteiger partial charge in [-0.05, 0) is 18.2 Å². The molecule has 0 spiro atoms. The van der Waals surface area contributed by atoms with Crippen LogP contribution in [0.25, 0.3) is 0 Å². The quantitative estimate of drug-likeness (QED) is 0.882. The van der Waals surface area contributed by atoms with Gasteiger partial charge in [-0.3, -0.25) is 4.79 Å². The first-order chi connectivity index (χ1) is 9.08. The number of amides is 1. The van der Waals surface area contributed by atoms with Crippen LogP contribution in [-0.4, -0.2) is 20.9 Å². The van der Waals surface area contributed by atoms with Crippen LogP contribution in [0.15, 0.2) is 24.4 Å². The highest BCUT2D eigenvalue weighted by Gasteiger charge is 2.08. The van der Waals surface area contributed by atoms with Gasteiger partial charge in [0.15, 0.2) is 0 Å². The van der Waals surface area contributed by atoms with Gasteiger partial charge in [0.25, 0.3) is 0 Å². The Kier molecular flexibility index (Phi) is 4.08. The molecule has 0 fully saturated rings. The Labute approximate surface area is 113 Å². The summed E-state index contributed by atoms with van der Waals surface area (Å²) in [5.74, 6) is -0.811. The van der Waals surface area contributed by atoms with Crippen molar-refractivity contribution in [1.29, 1.82) is 0 Å². The van der Waals surface area contributed by atoms with Crippen LogP contribution in [0.3, 0.4) is 0 Å². The number of carbonyl (C=O) groups is 1. The summed E-state index contributed by atoms with van der Waals surface area (Å²) in [5, 5.41) is 10.2. The van der Waals surface area contributed by atoms with Gasteiger partial charge in [0, 0.05) is 6.54 Å². The first-order valence-corrected chi connectivity index (χ1v) is 5.80. The topological polar surface area (TPSA) is 85.8 Å². The first-order valence-electron chi connectivity index (χ1n) is 5.42. The fraction of sp³-hybridized carbons (Fsp3) is 0.182. The zero-order valence-corrected chi connectivity index (χ0v) is 10.6.